The Morgan fingerprint density at radius 1 is 1.26 bits per heavy atom. The highest BCUT2D eigenvalue weighted by atomic mass is 79.9. The molecule has 2 aromatic carbocycles. The molecule has 11 nitrogen and oxygen atoms in total. The van der Waals surface area contributed by atoms with E-state index in [4.69, 9.17) is 21.1 Å². The van der Waals surface area contributed by atoms with E-state index < -0.39 is 71.8 Å². The highest BCUT2D eigenvalue weighted by Gasteiger charge is 2.52. The van der Waals surface area contributed by atoms with E-state index in [-0.39, 0.29) is 16.8 Å². The van der Waals surface area contributed by atoms with Crippen molar-refractivity contribution in [3.63, 3.8) is 0 Å². The molecule has 15 heteroatoms. The normalized spacial score (nSPS) is 27.3. The molecule has 42 heavy (non-hydrogen) atoms. The van der Waals surface area contributed by atoms with E-state index in [0.717, 1.165) is 12.1 Å². The number of methoxy groups -OCH3 is 1. The van der Waals surface area contributed by atoms with Gasteiger partial charge in [-0.3, -0.25) is 4.79 Å². The molecule has 1 saturated carbocycles. The van der Waals surface area contributed by atoms with E-state index in [2.05, 4.69) is 26.2 Å². The van der Waals surface area contributed by atoms with Crippen molar-refractivity contribution in [3.05, 3.63) is 63.2 Å². The van der Waals surface area contributed by atoms with Crippen molar-refractivity contribution >= 4 is 39.1 Å². The Kier molecular flexibility index (Phi) is 8.91. The standard InChI is InChI=1S/C27H25BrClF2N5O6/c1-41-25-23(35-10-18(33-34-35)13-6-16(30)22(29)17(31)7-13)24(39)21(11-37)42-26(25)27(40)36(19-2-3-20(19)38)15-5-12(9-32)4-14(28)8-15/h4-8,10,19-21,23-26,37-39H,2-3,11H2,1H3/t19-,20-,21?,23?,24?,25?,26?/m0/s1. The summed E-state index contributed by atoms with van der Waals surface area (Å²) >= 11 is 8.95. The lowest BCUT2D eigenvalue weighted by atomic mass is 9.85. The van der Waals surface area contributed by atoms with Crippen LogP contribution >= 0.6 is 27.5 Å². The molecule has 3 N–H and O–H groups in total. The maximum absolute atomic E-state index is 14.2. The van der Waals surface area contributed by atoms with E-state index in [0.29, 0.717) is 23.0 Å². The number of amides is 1. The van der Waals surface area contributed by atoms with Crippen molar-refractivity contribution in [2.45, 2.75) is 55.4 Å². The Bertz CT molecular complexity index is 1520. The van der Waals surface area contributed by atoms with E-state index in [1.165, 1.54) is 29.0 Å². The minimum absolute atomic E-state index is 0.0237. The molecule has 7 atom stereocenters. The lowest BCUT2D eigenvalue weighted by Gasteiger charge is -2.47. The van der Waals surface area contributed by atoms with Gasteiger partial charge < -0.3 is 29.7 Å². The van der Waals surface area contributed by atoms with Gasteiger partial charge in [-0.2, -0.15) is 5.26 Å². The third kappa shape index (κ3) is 5.53. The van der Waals surface area contributed by atoms with Crippen LogP contribution in [0, 0.1) is 23.0 Å². The van der Waals surface area contributed by atoms with Crippen LogP contribution in [0.15, 0.2) is 41.0 Å². The second kappa shape index (κ2) is 12.3. The third-order valence-electron chi connectivity index (χ3n) is 7.54. The highest BCUT2D eigenvalue weighted by Crippen LogP contribution is 2.38. The summed E-state index contributed by atoms with van der Waals surface area (Å²) in [6, 6.07) is 6.91. The fraction of sp³-hybridized carbons (Fsp3) is 0.407. The van der Waals surface area contributed by atoms with Gasteiger partial charge in [0, 0.05) is 22.8 Å². The Hall–Kier alpha value is -3.03. The molecule has 2 heterocycles. The third-order valence-corrected chi connectivity index (χ3v) is 8.36. The molecule has 2 fully saturated rings. The highest BCUT2D eigenvalue weighted by molar-refractivity contribution is 9.10. The van der Waals surface area contributed by atoms with Crippen LogP contribution in [-0.4, -0.2) is 86.5 Å². The van der Waals surface area contributed by atoms with E-state index in [1.807, 2.05) is 6.07 Å². The van der Waals surface area contributed by atoms with Gasteiger partial charge >= 0.3 is 0 Å². The Morgan fingerprint density at radius 2 is 1.98 bits per heavy atom. The summed E-state index contributed by atoms with van der Waals surface area (Å²) in [4.78, 5) is 15.6. The molecular weight excluding hydrogens is 644 g/mol. The van der Waals surface area contributed by atoms with Crippen molar-refractivity contribution in [1.29, 1.82) is 5.26 Å². The molecule has 5 unspecified atom stereocenters. The maximum Gasteiger partial charge on any atom is 0.259 e. The predicted molar refractivity (Wildman–Crippen MR) is 147 cm³/mol. The number of carbonyl (C=O) groups excluding carboxylic acids is 1. The molecule has 1 aromatic heterocycles. The number of benzene rings is 2. The van der Waals surface area contributed by atoms with Gasteiger partial charge in [0.25, 0.3) is 5.91 Å². The number of nitriles is 1. The number of anilines is 1. The first-order chi connectivity index (χ1) is 20.1. The molecule has 222 valence electrons. The summed E-state index contributed by atoms with van der Waals surface area (Å²) in [5.74, 6) is -2.65. The van der Waals surface area contributed by atoms with Crippen molar-refractivity contribution in [2.75, 3.05) is 18.6 Å². The number of halogens is 4. The van der Waals surface area contributed by atoms with Crippen molar-refractivity contribution < 1.29 is 38.4 Å². The van der Waals surface area contributed by atoms with Crippen LogP contribution in [0.2, 0.25) is 5.02 Å². The number of rotatable bonds is 7. The summed E-state index contributed by atoms with van der Waals surface area (Å²) in [6.07, 6.45) is -3.93. The van der Waals surface area contributed by atoms with E-state index in [9.17, 15) is 34.2 Å². The zero-order valence-corrected chi connectivity index (χ0v) is 24.3. The van der Waals surface area contributed by atoms with Crippen LogP contribution in [0.4, 0.5) is 14.5 Å². The first-order valence-electron chi connectivity index (χ1n) is 12.8. The van der Waals surface area contributed by atoms with Gasteiger partial charge in [0.15, 0.2) is 6.10 Å². The lowest BCUT2D eigenvalue weighted by molar-refractivity contribution is -0.211. The summed E-state index contributed by atoms with van der Waals surface area (Å²) < 4.78 is 41.5. The summed E-state index contributed by atoms with van der Waals surface area (Å²) in [6.45, 7) is -0.672. The number of carbonyl (C=O) groups is 1. The van der Waals surface area contributed by atoms with Crippen LogP contribution in [-0.2, 0) is 14.3 Å². The van der Waals surface area contributed by atoms with Crippen LogP contribution in [0.25, 0.3) is 11.3 Å². The zero-order valence-electron chi connectivity index (χ0n) is 21.9. The lowest BCUT2D eigenvalue weighted by Crippen LogP contribution is -2.64. The number of aliphatic hydroxyl groups is 3. The number of hydrogen-bond acceptors (Lipinski definition) is 9. The molecule has 0 spiro atoms. The van der Waals surface area contributed by atoms with Crippen LogP contribution in [0.5, 0.6) is 0 Å². The number of ether oxygens (including phenoxy) is 2. The van der Waals surface area contributed by atoms with Gasteiger partial charge in [-0.05, 0) is 43.2 Å². The van der Waals surface area contributed by atoms with Crippen LogP contribution in [0.1, 0.15) is 24.4 Å². The van der Waals surface area contributed by atoms with Gasteiger partial charge in [0.2, 0.25) is 0 Å². The zero-order chi connectivity index (χ0) is 30.3. The molecule has 1 aliphatic heterocycles. The minimum Gasteiger partial charge on any atom is -0.394 e. The molecule has 0 radical (unpaired) electrons. The quantitative estimate of drug-likeness (QED) is 0.323. The van der Waals surface area contributed by atoms with Gasteiger partial charge in [0.05, 0.1) is 36.6 Å². The first kappa shape index (κ1) is 30.4. The molecule has 5 rings (SSSR count). The molecule has 2 aliphatic rings. The second-order valence-electron chi connectivity index (χ2n) is 10.0. The largest absolute Gasteiger partial charge is 0.394 e. The van der Waals surface area contributed by atoms with Gasteiger partial charge in [-0.1, -0.05) is 32.7 Å². The molecule has 0 bridgehead atoms. The fourth-order valence-electron chi connectivity index (χ4n) is 5.28. The van der Waals surface area contributed by atoms with E-state index >= 15 is 0 Å². The van der Waals surface area contributed by atoms with Gasteiger partial charge in [-0.25, -0.2) is 13.5 Å². The fourth-order valence-corrected chi connectivity index (χ4v) is 5.87. The molecular formula is C27H25BrClF2N5O6. The number of hydrogen-bond donors (Lipinski definition) is 3. The monoisotopic (exact) mass is 667 g/mol. The van der Waals surface area contributed by atoms with Crippen LogP contribution < -0.4 is 4.90 Å². The summed E-state index contributed by atoms with van der Waals surface area (Å²) in [5, 5.41) is 48.6. The molecule has 1 amide bonds. The Labute approximate surface area is 251 Å². The maximum atomic E-state index is 14.2. The number of aliphatic hydroxyl groups excluding tert-OH is 3. The average molecular weight is 669 g/mol. The molecule has 1 aliphatic carbocycles. The molecule has 1 saturated heterocycles. The van der Waals surface area contributed by atoms with Crippen molar-refractivity contribution in [2.24, 2.45) is 0 Å². The number of nitrogens with zero attached hydrogens (tertiary/aromatic N) is 5. The van der Waals surface area contributed by atoms with E-state index in [1.54, 1.807) is 12.1 Å². The number of aromatic nitrogens is 3. The summed E-state index contributed by atoms with van der Waals surface area (Å²) in [7, 11) is 1.30. The molecule has 3 aromatic rings. The smallest absolute Gasteiger partial charge is 0.259 e. The first-order valence-corrected chi connectivity index (χ1v) is 14.0. The Balaban J connectivity index is 1.54. The topological polar surface area (TPSA) is 154 Å². The van der Waals surface area contributed by atoms with Gasteiger partial charge in [0.1, 0.15) is 46.7 Å². The Morgan fingerprint density at radius 3 is 2.55 bits per heavy atom. The SMILES string of the molecule is COC1C(C(=O)N(c2cc(Br)cc(C#N)c2)[C@H]2CC[C@@H]2O)OC(CO)C(O)C1n1cc(-c2cc(F)c(Cl)c(F)c2)nn1. The van der Waals surface area contributed by atoms with Crippen LogP contribution in [0.3, 0.4) is 0 Å². The van der Waals surface area contributed by atoms with Crippen molar-refractivity contribution in [1.82, 2.24) is 15.0 Å². The van der Waals surface area contributed by atoms with Gasteiger partial charge in [-0.15, -0.1) is 5.10 Å². The predicted octanol–water partition coefficient (Wildman–Crippen LogP) is 2.74. The van der Waals surface area contributed by atoms with Crippen molar-refractivity contribution in [3.8, 4) is 17.3 Å². The summed E-state index contributed by atoms with van der Waals surface area (Å²) in [5.41, 5.74) is 0.659. The second-order valence-corrected chi connectivity index (χ2v) is 11.3. The average Bonchev–Trinajstić information content (AvgIpc) is 3.46. The minimum atomic E-state index is -1.45.